The molecule has 2 aliphatic rings. The lowest BCUT2D eigenvalue weighted by atomic mass is 9.64. The molecule has 0 saturated carbocycles. The molecule has 10 aromatic rings. The average molecular weight is 853 g/mol. The maximum Gasteiger partial charge on any atom is 0.0677 e. The maximum atomic E-state index is 2.50. The molecule has 0 nitrogen and oxygen atoms in total. The van der Waals surface area contributed by atoms with Gasteiger partial charge in [-0.3, -0.25) is 0 Å². The van der Waals surface area contributed by atoms with Crippen molar-refractivity contribution in [1.82, 2.24) is 0 Å². The molecule has 0 heterocycles. The second-order valence-electron chi connectivity index (χ2n) is 17.9. The van der Waals surface area contributed by atoms with Crippen molar-refractivity contribution in [3.8, 4) is 77.9 Å². The molecule has 0 fully saturated rings. The van der Waals surface area contributed by atoms with Crippen molar-refractivity contribution < 1.29 is 0 Å². The quantitative estimate of drug-likeness (QED) is 0.136. The second kappa shape index (κ2) is 17.2. The third-order valence-corrected chi connectivity index (χ3v) is 14.0. The molecule has 12 rings (SSSR count). The van der Waals surface area contributed by atoms with Gasteiger partial charge in [-0.05, 0) is 173 Å². The lowest BCUT2D eigenvalue weighted by molar-refractivity contribution is 0.697. The molecule has 0 N–H and O–H groups in total. The fourth-order valence-electron chi connectivity index (χ4n) is 10.8. The van der Waals surface area contributed by atoms with Crippen molar-refractivity contribution in [3.05, 3.63) is 295 Å². The first-order valence-electron chi connectivity index (χ1n) is 23.5. The van der Waals surface area contributed by atoms with Crippen molar-refractivity contribution in [2.75, 3.05) is 0 Å². The van der Waals surface area contributed by atoms with Crippen molar-refractivity contribution in [1.29, 1.82) is 0 Å². The second-order valence-corrected chi connectivity index (χ2v) is 17.9. The summed E-state index contributed by atoms with van der Waals surface area (Å²) >= 11 is 0. The molecule has 316 valence electrons. The minimum absolute atomic E-state index is 0.548. The zero-order chi connectivity index (χ0) is 44.6. The predicted molar refractivity (Wildman–Crippen MR) is 283 cm³/mol. The van der Waals surface area contributed by atoms with Crippen molar-refractivity contribution in [2.24, 2.45) is 0 Å². The van der Waals surface area contributed by atoms with Crippen molar-refractivity contribution >= 4 is 5.57 Å². The van der Waals surface area contributed by atoms with Gasteiger partial charge in [-0.2, -0.15) is 0 Å². The Bertz CT molecular complexity index is 3480. The summed E-state index contributed by atoms with van der Waals surface area (Å²) in [5.41, 5.74) is 24.4. The zero-order valence-electron chi connectivity index (χ0n) is 37.3. The molecule has 10 aromatic carbocycles. The van der Waals surface area contributed by atoms with Crippen LogP contribution < -0.4 is 0 Å². The number of rotatable bonds is 9. The third kappa shape index (κ3) is 7.38. The standard InChI is InChI=1S/C67H48/c1-5-19-47(20-6-1)51-27-15-29-53(39-51)55-31-17-33-61(44-55)67(65-36-14-13-35-63(65)64-38-37-57(46-66(64)67)49-23-9-3-10-24-49)62-34-18-32-56(45-62)60-42-58(50-25-11-4-12-26-50)41-59(43-60)54-30-16-28-52(40-54)48-21-7-2-8-22-48/h1-13,15-35,37-46H,14,36H2. The van der Waals surface area contributed by atoms with Crippen LogP contribution in [0.4, 0.5) is 0 Å². The van der Waals surface area contributed by atoms with E-state index in [-0.39, 0.29) is 0 Å². The lowest BCUT2D eigenvalue weighted by Crippen LogP contribution is -2.30. The van der Waals surface area contributed by atoms with Crippen molar-refractivity contribution in [2.45, 2.75) is 18.3 Å². The highest BCUT2D eigenvalue weighted by atomic mass is 14.5. The van der Waals surface area contributed by atoms with E-state index in [2.05, 4.69) is 267 Å². The van der Waals surface area contributed by atoms with Gasteiger partial charge in [0.2, 0.25) is 0 Å². The van der Waals surface area contributed by atoms with E-state index in [1.165, 1.54) is 111 Å². The third-order valence-electron chi connectivity index (χ3n) is 14.0. The predicted octanol–water partition coefficient (Wildman–Crippen LogP) is 17.8. The first-order valence-corrected chi connectivity index (χ1v) is 23.5. The van der Waals surface area contributed by atoms with Crippen LogP contribution in [0.5, 0.6) is 0 Å². The van der Waals surface area contributed by atoms with Gasteiger partial charge in [-0.1, -0.05) is 218 Å². The summed E-state index contributed by atoms with van der Waals surface area (Å²) in [5.74, 6) is 0. The zero-order valence-corrected chi connectivity index (χ0v) is 37.3. The van der Waals surface area contributed by atoms with Gasteiger partial charge >= 0.3 is 0 Å². The van der Waals surface area contributed by atoms with Gasteiger partial charge in [0.05, 0.1) is 5.41 Å². The van der Waals surface area contributed by atoms with Gasteiger partial charge in [0.25, 0.3) is 0 Å². The van der Waals surface area contributed by atoms with E-state index in [4.69, 9.17) is 0 Å². The van der Waals surface area contributed by atoms with Crippen LogP contribution >= 0.6 is 0 Å². The summed E-state index contributed by atoms with van der Waals surface area (Å²) < 4.78 is 0. The largest absolute Gasteiger partial charge is 0.0836 e. The van der Waals surface area contributed by atoms with Crippen LogP contribution in [0.25, 0.3) is 83.5 Å². The van der Waals surface area contributed by atoms with Crippen molar-refractivity contribution in [3.63, 3.8) is 0 Å². The SMILES string of the molecule is C1=CC2=C(CC1)C(c1cccc(-c3cccc(-c4ccccc4)c3)c1)(c1cccc(-c3cc(-c4ccccc4)cc(-c4cccc(-c5ccccc5)c4)c3)c1)c1cc(-c3ccccc3)ccc12. The number of allylic oxidation sites excluding steroid dienone is 4. The van der Waals surface area contributed by atoms with E-state index in [1.54, 1.807) is 0 Å². The Balaban J connectivity index is 1.08. The fourth-order valence-corrected chi connectivity index (χ4v) is 10.8. The van der Waals surface area contributed by atoms with Gasteiger partial charge < -0.3 is 0 Å². The minimum atomic E-state index is -0.548. The van der Waals surface area contributed by atoms with Gasteiger partial charge in [0, 0.05) is 0 Å². The van der Waals surface area contributed by atoms with Gasteiger partial charge in [0.1, 0.15) is 0 Å². The Morgan fingerprint density at radius 2 is 0.612 bits per heavy atom. The van der Waals surface area contributed by atoms with Crippen LogP contribution in [0.3, 0.4) is 0 Å². The Kier molecular flexibility index (Phi) is 10.3. The number of benzene rings is 10. The minimum Gasteiger partial charge on any atom is -0.0836 e. The summed E-state index contributed by atoms with van der Waals surface area (Å²) in [6.45, 7) is 0. The summed E-state index contributed by atoms with van der Waals surface area (Å²) in [4.78, 5) is 0. The molecule has 1 unspecified atom stereocenters. The van der Waals surface area contributed by atoms with Crippen LogP contribution in [0, 0.1) is 0 Å². The molecule has 0 amide bonds. The Morgan fingerprint density at radius 3 is 1.10 bits per heavy atom. The number of hydrogen-bond acceptors (Lipinski definition) is 0. The topological polar surface area (TPSA) is 0 Å². The van der Waals surface area contributed by atoms with E-state index in [1.807, 2.05) is 0 Å². The summed E-state index contributed by atoms with van der Waals surface area (Å²) in [6.07, 6.45) is 6.75. The highest BCUT2D eigenvalue weighted by Gasteiger charge is 2.48. The molecule has 0 radical (unpaired) electrons. The van der Waals surface area contributed by atoms with Crippen LogP contribution in [-0.2, 0) is 5.41 Å². The molecule has 0 heteroatoms. The maximum absolute atomic E-state index is 2.50. The first-order chi connectivity index (χ1) is 33.2. The smallest absolute Gasteiger partial charge is 0.0677 e. The van der Waals surface area contributed by atoms with E-state index in [9.17, 15) is 0 Å². The summed E-state index contributed by atoms with van der Waals surface area (Å²) in [6, 6.07) is 94.4. The van der Waals surface area contributed by atoms with Crippen LogP contribution in [0.1, 0.15) is 35.1 Å². The number of fused-ring (bicyclic) bond motifs is 2. The van der Waals surface area contributed by atoms with E-state index >= 15 is 0 Å². The molecular formula is C67H48. The molecule has 0 aliphatic heterocycles. The van der Waals surface area contributed by atoms with E-state index in [0.29, 0.717) is 0 Å². The molecule has 2 aliphatic carbocycles. The molecular weight excluding hydrogens is 805 g/mol. The van der Waals surface area contributed by atoms with Crippen LogP contribution in [0.15, 0.2) is 273 Å². The Morgan fingerprint density at radius 1 is 0.269 bits per heavy atom. The van der Waals surface area contributed by atoms with Gasteiger partial charge in [-0.25, -0.2) is 0 Å². The monoisotopic (exact) mass is 852 g/mol. The normalized spacial score (nSPS) is 15.0. The number of hydrogen-bond donors (Lipinski definition) is 0. The molecule has 0 bridgehead atoms. The molecule has 67 heavy (non-hydrogen) atoms. The highest BCUT2D eigenvalue weighted by molar-refractivity contribution is 5.93. The lowest BCUT2D eigenvalue weighted by Gasteiger charge is -2.37. The van der Waals surface area contributed by atoms with E-state index in [0.717, 1.165) is 12.8 Å². The Hall–Kier alpha value is -8.32. The first kappa shape index (κ1) is 40.2. The molecule has 0 spiro atoms. The summed E-state index contributed by atoms with van der Waals surface area (Å²) in [5, 5.41) is 0. The van der Waals surface area contributed by atoms with Crippen LogP contribution in [-0.4, -0.2) is 0 Å². The van der Waals surface area contributed by atoms with Crippen LogP contribution in [0.2, 0.25) is 0 Å². The Labute approximate surface area is 394 Å². The highest BCUT2D eigenvalue weighted by Crippen LogP contribution is 2.58. The molecule has 1 atom stereocenters. The fraction of sp³-hybridized carbons (Fsp3) is 0.0448. The molecule has 0 aromatic heterocycles. The van der Waals surface area contributed by atoms with Gasteiger partial charge in [0.15, 0.2) is 0 Å². The average Bonchev–Trinajstić information content (AvgIpc) is 3.72. The molecule has 0 saturated heterocycles. The summed E-state index contributed by atoms with van der Waals surface area (Å²) in [7, 11) is 0. The van der Waals surface area contributed by atoms with Gasteiger partial charge in [-0.15, -0.1) is 0 Å². The van der Waals surface area contributed by atoms with E-state index < -0.39 is 5.41 Å².